The molecule has 0 amide bonds. The van der Waals surface area contributed by atoms with Crippen LogP contribution in [0.2, 0.25) is 0 Å². The van der Waals surface area contributed by atoms with Gasteiger partial charge in [0.25, 0.3) is 0 Å². The van der Waals surface area contributed by atoms with Crippen LogP contribution in [-0.2, 0) is 0 Å². The van der Waals surface area contributed by atoms with Crippen LogP contribution in [0.3, 0.4) is 0 Å². The van der Waals surface area contributed by atoms with Gasteiger partial charge in [0.1, 0.15) is 11.2 Å². The summed E-state index contributed by atoms with van der Waals surface area (Å²) in [7, 11) is 0. The topological polar surface area (TPSA) is 51.8 Å². The summed E-state index contributed by atoms with van der Waals surface area (Å²) in [5.74, 6) is 1.86. The lowest BCUT2D eigenvalue weighted by molar-refractivity contribution is 0.669. The van der Waals surface area contributed by atoms with E-state index in [4.69, 9.17) is 19.4 Å². The lowest BCUT2D eigenvalue weighted by atomic mass is 9.92. The number of hydrogen-bond acceptors (Lipinski definition) is 6. The Morgan fingerprint density at radius 3 is 1.68 bits per heavy atom. The van der Waals surface area contributed by atoms with Crippen molar-refractivity contribution in [3.05, 3.63) is 176 Å². The van der Waals surface area contributed by atoms with Gasteiger partial charge in [0.2, 0.25) is 0 Å². The minimum atomic E-state index is 0.598. The van der Waals surface area contributed by atoms with Crippen LogP contribution in [-0.4, -0.2) is 15.0 Å². The van der Waals surface area contributed by atoms with Gasteiger partial charge in [0, 0.05) is 67.8 Å². The maximum absolute atomic E-state index is 6.67. The lowest BCUT2D eigenvalue weighted by Crippen LogP contribution is -2.00. The Morgan fingerprint density at radius 1 is 0.316 bits per heavy atom. The molecule has 0 fully saturated rings. The van der Waals surface area contributed by atoms with Crippen LogP contribution in [0, 0.1) is 0 Å². The molecule has 0 radical (unpaired) electrons. The molecule has 0 aliphatic heterocycles. The maximum Gasteiger partial charge on any atom is 0.164 e. The van der Waals surface area contributed by atoms with Crippen molar-refractivity contribution < 1.29 is 4.42 Å². The third kappa shape index (κ3) is 5.30. The monoisotopic (exact) mass is 763 g/mol. The van der Waals surface area contributed by atoms with Crippen LogP contribution in [0.1, 0.15) is 0 Å². The molecule has 12 aromatic rings. The Bertz CT molecular complexity index is 3470. The molecule has 6 heteroatoms. The molecule has 0 atom stereocenters. The summed E-state index contributed by atoms with van der Waals surface area (Å²) in [4.78, 5) is 14.8. The van der Waals surface area contributed by atoms with Crippen LogP contribution in [0.5, 0.6) is 0 Å². The molecule has 0 bridgehead atoms. The second kappa shape index (κ2) is 12.8. The lowest BCUT2D eigenvalue weighted by Gasteiger charge is -2.11. The smallest absolute Gasteiger partial charge is 0.164 e. The molecule has 4 aromatic heterocycles. The molecule has 0 saturated carbocycles. The molecule has 4 nitrogen and oxygen atoms in total. The van der Waals surface area contributed by atoms with Crippen LogP contribution < -0.4 is 0 Å². The Kier molecular flexibility index (Phi) is 7.24. The van der Waals surface area contributed by atoms with Gasteiger partial charge in [0.05, 0.1) is 0 Å². The van der Waals surface area contributed by atoms with Crippen molar-refractivity contribution in [3.63, 3.8) is 0 Å². The molecule has 0 spiro atoms. The highest BCUT2D eigenvalue weighted by molar-refractivity contribution is 7.26. The molecule has 0 aliphatic carbocycles. The first kappa shape index (κ1) is 32.3. The number of furan rings is 1. The van der Waals surface area contributed by atoms with Gasteiger partial charge in [0.15, 0.2) is 17.5 Å². The molecule has 266 valence electrons. The van der Waals surface area contributed by atoms with E-state index in [-0.39, 0.29) is 0 Å². The van der Waals surface area contributed by atoms with Crippen LogP contribution in [0.15, 0.2) is 180 Å². The Morgan fingerprint density at radius 2 is 0.930 bits per heavy atom. The number of hydrogen-bond donors (Lipinski definition) is 0. The first-order valence-corrected chi connectivity index (χ1v) is 20.6. The van der Waals surface area contributed by atoms with Gasteiger partial charge in [-0.3, -0.25) is 0 Å². The zero-order valence-corrected chi connectivity index (χ0v) is 31.9. The normalized spacial score (nSPS) is 11.9. The minimum Gasteiger partial charge on any atom is -0.456 e. The molecular weight excluding hydrogens is 735 g/mol. The van der Waals surface area contributed by atoms with Crippen molar-refractivity contribution in [1.29, 1.82) is 0 Å². The van der Waals surface area contributed by atoms with Crippen molar-refractivity contribution in [2.24, 2.45) is 0 Å². The van der Waals surface area contributed by atoms with Gasteiger partial charge < -0.3 is 4.42 Å². The van der Waals surface area contributed by atoms with E-state index in [1.54, 1.807) is 0 Å². The minimum absolute atomic E-state index is 0.598. The predicted octanol–water partition coefficient (Wildman–Crippen LogP) is 14.8. The third-order valence-electron chi connectivity index (χ3n) is 10.9. The Balaban J connectivity index is 1.04. The summed E-state index contributed by atoms with van der Waals surface area (Å²) in [6, 6.07) is 62.1. The molecule has 8 aromatic carbocycles. The molecule has 0 N–H and O–H groups in total. The molecule has 4 heterocycles. The number of benzene rings is 8. The van der Waals surface area contributed by atoms with Crippen LogP contribution >= 0.6 is 22.7 Å². The largest absolute Gasteiger partial charge is 0.456 e. The Labute approximate surface area is 335 Å². The van der Waals surface area contributed by atoms with Crippen molar-refractivity contribution in [3.8, 4) is 56.4 Å². The van der Waals surface area contributed by atoms with Gasteiger partial charge in [-0.1, -0.05) is 121 Å². The molecule has 0 saturated heterocycles. The average molecular weight is 764 g/mol. The molecule has 12 rings (SSSR count). The summed E-state index contributed by atoms with van der Waals surface area (Å²) in [6.45, 7) is 0. The van der Waals surface area contributed by atoms with Crippen molar-refractivity contribution in [1.82, 2.24) is 15.0 Å². The fourth-order valence-corrected chi connectivity index (χ4v) is 10.5. The summed E-state index contributed by atoms with van der Waals surface area (Å²) >= 11 is 3.71. The highest BCUT2D eigenvalue weighted by Crippen LogP contribution is 2.46. The number of aromatic nitrogens is 3. The van der Waals surface area contributed by atoms with E-state index < -0.39 is 0 Å². The fraction of sp³-hybridized carbons (Fsp3) is 0. The second-order valence-electron chi connectivity index (χ2n) is 14.3. The standard InChI is InChI=1S/C51H29N3OS2/c1-3-12-30(13-4-1)49-52-50(31-14-5-2-6-15-31)54-51(53-49)33-22-24-37-42(28-33)55-41-19-11-18-35(47(37)41)34-27-39(48-38-17-8-10-21-44(38)57-46(48)29-34)32-23-25-45-40(26-32)36-16-7-9-20-43(36)56-45/h1-29H. The molecule has 0 unspecified atom stereocenters. The SMILES string of the molecule is c1ccc(-c2nc(-c3ccccc3)nc(-c3ccc4c(c3)oc3cccc(-c5cc(-c6ccc7sc8ccccc8c7c6)c6c(c5)sc5ccccc56)c34)n2)cc1. The van der Waals surface area contributed by atoms with Crippen LogP contribution in [0.25, 0.3) is 119 Å². The Hall–Kier alpha value is -6.99. The van der Waals surface area contributed by atoms with E-state index in [0.717, 1.165) is 49.8 Å². The average Bonchev–Trinajstić information content (AvgIpc) is 3.97. The summed E-state index contributed by atoms with van der Waals surface area (Å²) < 4.78 is 11.8. The van der Waals surface area contributed by atoms with E-state index in [1.807, 2.05) is 83.3 Å². The van der Waals surface area contributed by atoms with Gasteiger partial charge in [-0.15, -0.1) is 22.7 Å². The van der Waals surface area contributed by atoms with Crippen molar-refractivity contribution >= 4 is 85.0 Å². The highest BCUT2D eigenvalue weighted by atomic mass is 32.1. The van der Waals surface area contributed by atoms with E-state index in [0.29, 0.717) is 17.5 Å². The molecule has 0 aliphatic rings. The number of thiophene rings is 2. The van der Waals surface area contributed by atoms with E-state index >= 15 is 0 Å². The third-order valence-corrected chi connectivity index (χ3v) is 13.2. The zero-order chi connectivity index (χ0) is 37.5. The fourth-order valence-electron chi connectivity index (χ4n) is 8.27. The van der Waals surface area contributed by atoms with E-state index in [9.17, 15) is 0 Å². The maximum atomic E-state index is 6.67. The van der Waals surface area contributed by atoms with E-state index in [1.165, 1.54) is 51.5 Å². The van der Waals surface area contributed by atoms with Crippen LogP contribution in [0.4, 0.5) is 0 Å². The van der Waals surface area contributed by atoms with Gasteiger partial charge in [-0.05, 0) is 76.9 Å². The first-order chi connectivity index (χ1) is 28.2. The quantitative estimate of drug-likeness (QED) is 0.175. The summed E-state index contributed by atoms with van der Waals surface area (Å²) in [6.07, 6.45) is 0. The zero-order valence-electron chi connectivity index (χ0n) is 30.3. The number of rotatable bonds is 5. The van der Waals surface area contributed by atoms with Crippen molar-refractivity contribution in [2.45, 2.75) is 0 Å². The van der Waals surface area contributed by atoms with Crippen molar-refractivity contribution in [2.75, 3.05) is 0 Å². The second-order valence-corrected chi connectivity index (χ2v) is 16.5. The number of fused-ring (bicyclic) bond motifs is 9. The van der Waals surface area contributed by atoms with E-state index in [2.05, 4.69) is 115 Å². The molecular formula is C51H29N3OS2. The summed E-state index contributed by atoms with van der Waals surface area (Å²) in [5, 5.41) is 7.34. The summed E-state index contributed by atoms with van der Waals surface area (Å²) in [5.41, 5.74) is 9.13. The first-order valence-electron chi connectivity index (χ1n) is 18.9. The van der Waals surface area contributed by atoms with Gasteiger partial charge in [-0.2, -0.15) is 0 Å². The van der Waals surface area contributed by atoms with Gasteiger partial charge >= 0.3 is 0 Å². The number of nitrogens with zero attached hydrogens (tertiary/aromatic N) is 3. The predicted molar refractivity (Wildman–Crippen MR) is 240 cm³/mol. The highest BCUT2D eigenvalue weighted by Gasteiger charge is 2.20. The van der Waals surface area contributed by atoms with Gasteiger partial charge in [-0.25, -0.2) is 15.0 Å². The molecule has 57 heavy (non-hydrogen) atoms.